The van der Waals surface area contributed by atoms with E-state index >= 15 is 0 Å². The molecule has 0 unspecified atom stereocenters. The predicted molar refractivity (Wildman–Crippen MR) is 84.7 cm³/mol. The lowest BCUT2D eigenvalue weighted by Gasteiger charge is -2.35. The van der Waals surface area contributed by atoms with Gasteiger partial charge in [-0.15, -0.1) is 11.3 Å². The van der Waals surface area contributed by atoms with Gasteiger partial charge in [-0.1, -0.05) is 6.07 Å². The van der Waals surface area contributed by atoms with E-state index in [1.54, 1.807) is 11.3 Å². The molecule has 1 saturated heterocycles. The van der Waals surface area contributed by atoms with E-state index in [4.69, 9.17) is 0 Å². The van der Waals surface area contributed by atoms with Crippen LogP contribution in [0.1, 0.15) is 11.8 Å². The van der Waals surface area contributed by atoms with Gasteiger partial charge in [0.1, 0.15) is 0 Å². The van der Waals surface area contributed by atoms with Crippen LogP contribution in [-0.2, 0) is 17.8 Å². The summed E-state index contributed by atoms with van der Waals surface area (Å²) in [6, 6.07) is 4.02. The van der Waals surface area contributed by atoms with Crippen molar-refractivity contribution in [2.24, 2.45) is 0 Å². The van der Waals surface area contributed by atoms with E-state index in [2.05, 4.69) is 21.4 Å². The van der Waals surface area contributed by atoms with Gasteiger partial charge in [-0.3, -0.25) is 4.79 Å². The van der Waals surface area contributed by atoms with E-state index in [0.717, 1.165) is 43.5 Å². The fourth-order valence-corrected chi connectivity index (χ4v) is 3.36. The maximum Gasteiger partial charge on any atom is 0.227 e. The van der Waals surface area contributed by atoms with E-state index in [1.807, 2.05) is 34.8 Å². The molecule has 1 amide bonds. The molecule has 112 valence electrons. The van der Waals surface area contributed by atoms with Gasteiger partial charge < -0.3 is 14.4 Å². The number of amides is 1. The van der Waals surface area contributed by atoms with Crippen molar-refractivity contribution in [3.63, 3.8) is 0 Å². The average Bonchev–Trinajstić information content (AvgIpc) is 3.18. The second kappa shape index (κ2) is 6.30. The average molecular weight is 304 g/mol. The number of aromatic nitrogens is 2. The fraction of sp³-hybridized carbons (Fsp3) is 0.467. The van der Waals surface area contributed by atoms with Gasteiger partial charge in [0.15, 0.2) is 0 Å². The molecule has 2 aromatic heterocycles. The first-order chi connectivity index (χ1) is 10.3. The monoisotopic (exact) mass is 304 g/mol. The normalized spacial score (nSPS) is 15.5. The number of carbonyl (C=O) groups is 1. The van der Waals surface area contributed by atoms with Crippen molar-refractivity contribution in [3.8, 4) is 0 Å². The van der Waals surface area contributed by atoms with E-state index in [1.165, 1.54) is 0 Å². The lowest BCUT2D eigenvalue weighted by Crippen LogP contribution is -2.49. The Morgan fingerprint density at radius 1 is 1.33 bits per heavy atom. The van der Waals surface area contributed by atoms with Gasteiger partial charge >= 0.3 is 0 Å². The Bertz CT molecular complexity index is 585. The van der Waals surface area contributed by atoms with Crippen molar-refractivity contribution in [1.29, 1.82) is 0 Å². The zero-order valence-corrected chi connectivity index (χ0v) is 13.1. The van der Waals surface area contributed by atoms with E-state index in [0.29, 0.717) is 6.42 Å². The first-order valence-electron chi connectivity index (χ1n) is 7.34. The molecule has 0 spiro atoms. The van der Waals surface area contributed by atoms with E-state index < -0.39 is 0 Å². The number of piperazine rings is 1. The van der Waals surface area contributed by atoms with Gasteiger partial charge in [0.2, 0.25) is 11.9 Å². The van der Waals surface area contributed by atoms with Crippen LogP contribution < -0.4 is 4.90 Å². The minimum absolute atomic E-state index is 0.232. The summed E-state index contributed by atoms with van der Waals surface area (Å²) in [5.41, 5.74) is 0. The number of rotatable bonds is 4. The highest BCUT2D eigenvalue weighted by Crippen LogP contribution is 2.16. The van der Waals surface area contributed by atoms with Gasteiger partial charge in [-0.2, -0.15) is 0 Å². The third-order valence-electron chi connectivity index (χ3n) is 3.85. The standard InChI is InChI=1S/C15H20N4OS/c1-2-17-6-5-16-15(17)19-9-7-18(8-10-19)14(20)12-13-4-3-11-21-13/h3-6,11H,2,7-10,12H2,1H3. The van der Waals surface area contributed by atoms with Crippen LogP contribution in [0.4, 0.5) is 5.95 Å². The summed E-state index contributed by atoms with van der Waals surface area (Å²) in [5, 5.41) is 2.02. The number of hydrogen-bond acceptors (Lipinski definition) is 4. The van der Waals surface area contributed by atoms with Crippen LogP contribution in [0.25, 0.3) is 0 Å². The number of nitrogens with zero attached hydrogens (tertiary/aromatic N) is 4. The van der Waals surface area contributed by atoms with Crippen molar-refractivity contribution in [3.05, 3.63) is 34.8 Å². The first kappa shape index (κ1) is 14.1. The first-order valence-corrected chi connectivity index (χ1v) is 8.22. The van der Waals surface area contributed by atoms with Crippen molar-refractivity contribution in [2.75, 3.05) is 31.1 Å². The molecule has 1 fully saturated rings. The molecule has 6 heteroatoms. The summed E-state index contributed by atoms with van der Waals surface area (Å²) in [6.07, 6.45) is 4.37. The number of hydrogen-bond donors (Lipinski definition) is 0. The zero-order chi connectivity index (χ0) is 14.7. The largest absolute Gasteiger partial charge is 0.339 e. The summed E-state index contributed by atoms with van der Waals surface area (Å²) in [6.45, 7) is 6.31. The topological polar surface area (TPSA) is 41.4 Å². The highest BCUT2D eigenvalue weighted by molar-refractivity contribution is 7.10. The molecule has 3 heterocycles. The highest BCUT2D eigenvalue weighted by Gasteiger charge is 2.23. The molecule has 2 aromatic rings. The molecule has 1 aliphatic heterocycles. The van der Waals surface area contributed by atoms with Crippen LogP contribution in [0.2, 0.25) is 0 Å². The lowest BCUT2D eigenvalue weighted by molar-refractivity contribution is -0.130. The second-order valence-corrected chi connectivity index (χ2v) is 6.17. The van der Waals surface area contributed by atoms with Crippen LogP contribution in [0.3, 0.4) is 0 Å². The highest BCUT2D eigenvalue weighted by atomic mass is 32.1. The van der Waals surface area contributed by atoms with Crippen LogP contribution in [0.5, 0.6) is 0 Å². The van der Waals surface area contributed by atoms with Gasteiger partial charge in [-0.25, -0.2) is 4.98 Å². The molecule has 0 saturated carbocycles. The lowest BCUT2D eigenvalue weighted by atomic mass is 10.2. The van der Waals surface area contributed by atoms with Gasteiger partial charge in [-0.05, 0) is 18.4 Å². The van der Waals surface area contributed by atoms with Crippen molar-refractivity contribution in [2.45, 2.75) is 19.9 Å². The summed E-state index contributed by atoms with van der Waals surface area (Å²) < 4.78 is 2.14. The third-order valence-corrected chi connectivity index (χ3v) is 4.73. The fourth-order valence-electron chi connectivity index (χ4n) is 2.66. The number of anilines is 1. The summed E-state index contributed by atoms with van der Waals surface area (Å²) in [4.78, 5) is 22.1. The van der Waals surface area contributed by atoms with Crippen molar-refractivity contribution in [1.82, 2.24) is 14.5 Å². The molecule has 3 rings (SSSR count). The molecule has 0 aromatic carbocycles. The Labute approximate surface area is 128 Å². The van der Waals surface area contributed by atoms with Crippen LogP contribution >= 0.6 is 11.3 Å². The molecule has 0 bridgehead atoms. The molecular weight excluding hydrogens is 284 g/mol. The minimum Gasteiger partial charge on any atom is -0.339 e. The Morgan fingerprint density at radius 2 is 2.14 bits per heavy atom. The minimum atomic E-state index is 0.232. The Kier molecular flexibility index (Phi) is 4.24. The predicted octanol–water partition coefficient (Wildman–Crippen LogP) is 1.86. The molecule has 21 heavy (non-hydrogen) atoms. The second-order valence-electron chi connectivity index (χ2n) is 5.14. The summed E-state index contributed by atoms with van der Waals surface area (Å²) in [7, 11) is 0. The maximum absolute atomic E-state index is 12.3. The zero-order valence-electron chi connectivity index (χ0n) is 12.2. The van der Waals surface area contributed by atoms with Gasteiger partial charge in [0.05, 0.1) is 6.42 Å². The van der Waals surface area contributed by atoms with E-state index in [9.17, 15) is 4.79 Å². The van der Waals surface area contributed by atoms with Gasteiger partial charge in [0, 0.05) is 50.0 Å². The smallest absolute Gasteiger partial charge is 0.227 e. The molecule has 1 aliphatic rings. The van der Waals surface area contributed by atoms with Gasteiger partial charge in [0.25, 0.3) is 0 Å². The molecule has 5 nitrogen and oxygen atoms in total. The summed E-state index contributed by atoms with van der Waals surface area (Å²) >= 11 is 1.65. The molecule has 0 radical (unpaired) electrons. The Balaban J connectivity index is 1.56. The number of imidazole rings is 1. The van der Waals surface area contributed by atoms with Crippen LogP contribution in [-0.4, -0.2) is 46.5 Å². The van der Waals surface area contributed by atoms with Crippen LogP contribution in [0.15, 0.2) is 29.9 Å². The Morgan fingerprint density at radius 3 is 2.81 bits per heavy atom. The maximum atomic E-state index is 12.3. The summed E-state index contributed by atoms with van der Waals surface area (Å²) in [5.74, 6) is 1.25. The molecule has 0 aliphatic carbocycles. The number of thiophene rings is 1. The third kappa shape index (κ3) is 3.10. The number of carbonyl (C=O) groups excluding carboxylic acids is 1. The van der Waals surface area contributed by atoms with Crippen molar-refractivity contribution >= 4 is 23.2 Å². The quantitative estimate of drug-likeness (QED) is 0.866. The van der Waals surface area contributed by atoms with Crippen molar-refractivity contribution < 1.29 is 4.79 Å². The van der Waals surface area contributed by atoms with Crippen LogP contribution in [0, 0.1) is 0 Å². The molecule has 0 atom stereocenters. The molecular formula is C15H20N4OS. The van der Waals surface area contributed by atoms with E-state index in [-0.39, 0.29) is 5.91 Å². The molecule has 0 N–H and O–H groups in total. The SMILES string of the molecule is CCn1ccnc1N1CCN(C(=O)Cc2cccs2)CC1. The number of aryl methyl sites for hydroxylation is 1. The Hall–Kier alpha value is -1.82.